The van der Waals surface area contributed by atoms with Crippen molar-refractivity contribution in [1.29, 1.82) is 0 Å². The molecule has 1 aromatic carbocycles. The van der Waals surface area contributed by atoms with Crippen molar-refractivity contribution in [3.05, 3.63) is 23.8 Å². The van der Waals surface area contributed by atoms with E-state index in [1.54, 1.807) is 0 Å². The average Bonchev–Trinajstić information content (AvgIpc) is 2.27. The molecular formula is C13H17NOS. The lowest BCUT2D eigenvalue weighted by molar-refractivity contribution is -0.120. The highest BCUT2D eigenvalue weighted by atomic mass is 32.1. The van der Waals surface area contributed by atoms with Crippen LogP contribution in [0.1, 0.15) is 31.2 Å². The van der Waals surface area contributed by atoms with Gasteiger partial charge in [-0.05, 0) is 42.9 Å². The Morgan fingerprint density at radius 1 is 1.31 bits per heavy atom. The number of carbonyl (C=O) groups excluding carboxylic acids is 1. The van der Waals surface area contributed by atoms with E-state index in [0.717, 1.165) is 42.7 Å². The summed E-state index contributed by atoms with van der Waals surface area (Å²) in [6.45, 7) is 0. The molecule has 0 amide bonds. The topological polar surface area (TPSA) is 43.1 Å². The minimum atomic E-state index is 0.420. The summed E-state index contributed by atoms with van der Waals surface area (Å²) in [6, 6.07) is 6.01. The van der Waals surface area contributed by atoms with Crippen molar-refractivity contribution >= 4 is 24.1 Å². The fourth-order valence-corrected chi connectivity index (χ4v) is 2.49. The van der Waals surface area contributed by atoms with E-state index >= 15 is 0 Å². The SMILES string of the molecule is Nc1ccc(CC2CCC(=O)CC2)cc1S. The molecule has 0 radical (unpaired) electrons. The van der Waals surface area contributed by atoms with Crippen LogP contribution in [0.15, 0.2) is 23.1 Å². The van der Waals surface area contributed by atoms with Gasteiger partial charge in [-0.15, -0.1) is 12.6 Å². The zero-order valence-electron chi connectivity index (χ0n) is 9.28. The second-order valence-corrected chi connectivity index (χ2v) is 5.06. The summed E-state index contributed by atoms with van der Waals surface area (Å²) < 4.78 is 0. The van der Waals surface area contributed by atoms with Crippen LogP contribution in [0.5, 0.6) is 0 Å². The third-order valence-corrected chi connectivity index (χ3v) is 3.67. The molecule has 1 fully saturated rings. The van der Waals surface area contributed by atoms with E-state index in [9.17, 15) is 4.79 Å². The third-order valence-electron chi connectivity index (χ3n) is 3.28. The van der Waals surface area contributed by atoms with Crippen molar-refractivity contribution < 1.29 is 4.79 Å². The summed E-state index contributed by atoms with van der Waals surface area (Å²) in [4.78, 5) is 12.0. The van der Waals surface area contributed by atoms with Crippen molar-refractivity contribution in [2.45, 2.75) is 37.0 Å². The Bertz CT molecular complexity index is 393. The van der Waals surface area contributed by atoms with Crippen LogP contribution in [0.3, 0.4) is 0 Å². The molecule has 0 unspecified atom stereocenters. The van der Waals surface area contributed by atoms with Gasteiger partial charge in [0.15, 0.2) is 0 Å². The van der Waals surface area contributed by atoms with Gasteiger partial charge in [-0.1, -0.05) is 6.07 Å². The first-order chi connectivity index (χ1) is 7.65. The largest absolute Gasteiger partial charge is 0.398 e. The number of Topliss-reactive ketones (excluding diaryl/α,β-unsaturated/α-hetero) is 1. The van der Waals surface area contributed by atoms with Gasteiger partial charge in [0.1, 0.15) is 5.78 Å². The van der Waals surface area contributed by atoms with Crippen LogP contribution < -0.4 is 5.73 Å². The molecule has 1 saturated carbocycles. The van der Waals surface area contributed by atoms with E-state index in [2.05, 4.69) is 18.7 Å². The summed E-state index contributed by atoms with van der Waals surface area (Å²) in [5.74, 6) is 1.07. The van der Waals surface area contributed by atoms with Crippen LogP contribution in [0, 0.1) is 5.92 Å². The summed E-state index contributed by atoms with van der Waals surface area (Å²) in [6.07, 6.45) is 4.62. The van der Waals surface area contributed by atoms with E-state index in [-0.39, 0.29) is 0 Å². The molecule has 0 atom stereocenters. The number of anilines is 1. The molecule has 1 aromatic rings. The van der Waals surface area contributed by atoms with Crippen LogP contribution in [0.4, 0.5) is 5.69 Å². The number of hydrogen-bond acceptors (Lipinski definition) is 3. The molecule has 16 heavy (non-hydrogen) atoms. The minimum Gasteiger partial charge on any atom is -0.398 e. The summed E-state index contributed by atoms with van der Waals surface area (Å²) in [5.41, 5.74) is 7.72. The van der Waals surface area contributed by atoms with Gasteiger partial charge in [0.05, 0.1) is 0 Å². The van der Waals surface area contributed by atoms with Gasteiger partial charge in [-0.25, -0.2) is 0 Å². The smallest absolute Gasteiger partial charge is 0.132 e. The number of ketones is 1. The Balaban J connectivity index is 1.98. The normalized spacial score (nSPS) is 17.7. The summed E-state index contributed by atoms with van der Waals surface area (Å²) in [7, 11) is 0. The summed E-state index contributed by atoms with van der Waals surface area (Å²) in [5, 5.41) is 0. The number of benzene rings is 1. The monoisotopic (exact) mass is 235 g/mol. The molecule has 2 rings (SSSR count). The lowest BCUT2D eigenvalue weighted by Crippen LogP contribution is -2.15. The maximum Gasteiger partial charge on any atom is 0.132 e. The molecule has 1 aliphatic carbocycles. The molecule has 0 saturated heterocycles. The van der Waals surface area contributed by atoms with Crippen molar-refractivity contribution in [2.24, 2.45) is 5.92 Å². The zero-order valence-corrected chi connectivity index (χ0v) is 10.2. The number of hydrogen-bond donors (Lipinski definition) is 2. The molecule has 3 heteroatoms. The van der Waals surface area contributed by atoms with Gasteiger partial charge in [0.25, 0.3) is 0 Å². The molecular weight excluding hydrogens is 218 g/mol. The fourth-order valence-electron chi connectivity index (χ4n) is 2.25. The molecule has 0 bridgehead atoms. The molecule has 0 aromatic heterocycles. The third kappa shape index (κ3) is 2.79. The van der Waals surface area contributed by atoms with Gasteiger partial charge in [-0.3, -0.25) is 4.79 Å². The molecule has 0 spiro atoms. The Labute approximate surface area is 102 Å². The van der Waals surface area contributed by atoms with Crippen molar-refractivity contribution in [1.82, 2.24) is 0 Å². The molecule has 2 nitrogen and oxygen atoms in total. The number of thiol groups is 1. The van der Waals surface area contributed by atoms with Crippen LogP contribution >= 0.6 is 12.6 Å². The Morgan fingerprint density at radius 2 is 2.00 bits per heavy atom. The lowest BCUT2D eigenvalue weighted by atomic mass is 9.84. The Kier molecular flexibility index (Phi) is 3.54. The van der Waals surface area contributed by atoms with E-state index in [4.69, 9.17) is 5.73 Å². The van der Waals surface area contributed by atoms with Crippen LogP contribution in [-0.4, -0.2) is 5.78 Å². The van der Waals surface area contributed by atoms with Gasteiger partial charge < -0.3 is 5.73 Å². The highest BCUT2D eigenvalue weighted by Crippen LogP contribution is 2.27. The quantitative estimate of drug-likeness (QED) is 0.611. The Morgan fingerprint density at radius 3 is 2.62 bits per heavy atom. The maximum atomic E-state index is 11.1. The van der Waals surface area contributed by atoms with E-state index in [0.29, 0.717) is 11.7 Å². The standard InChI is InChI=1S/C13H17NOS/c14-12-6-3-10(8-13(12)16)7-9-1-4-11(15)5-2-9/h3,6,8-9,16H,1-2,4-5,7,14H2. The van der Waals surface area contributed by atoms with Crippen LogP contribution in [0.2, 0.25) is 0 Å². The molecule has 0 aliphatic heterocycles. The minimum absolute atomic E-state index is 0.420. The van der Waals surface area contributed by atoms with Crippen molar-refractivity contribution in [3.63, 3.8) is 0 Å². The summed E-state index contributed by atoms with van der Waals surface area (Å²) >= 11 is 4.32. The molecule has 2 N–H and O–H groups in total. The average molecular weight is 235 g/mol. The first kappa shape index (κ1) is 11.5. The zero-order chi connectivity index (χ0) is 11.5. The van der Waals surface area contributed by atoms with Gasteiger partial charge in [0, 0.05) is 23.4 Å². The first-order valence-electron chi connectivity index (χ1n) is 5.74. The second kappa shape index (κ2) is 4.91. The Hall–Kier alpha value is -0.960. The molecule has 1 aliphatic rings. The fraction of sp³-hybridized carbons (Fsp3) is 0.462. The number of nitrogen functional groups attached to an aromatic ring is 1. The molecule has 86 valence electrons. The predicted molar refractivity (Wildman–Crippen MR) is 68.8 cm³/mol. The number of nitrogens with two attached hydrogens (primary N) is 1. The highest BCUT2D eigenvalue weighted by molar-refractivity contribution is 7.80. The van der Waals surface area contributed by atoms with Crippen molar-refractivity contribution in [2.75, 3.05) is 5.73 Å². The van der Waals surface area contributed by atoms with E-state index in [1.807, 2.05) is 12.1 Å². The lowest BCUT2D eigenvalue weighted by Gasteiger charge is -2.21. The maximum absolute atomic E-state index is 11.1. The van der Waals surface area contributed by atoms with Gasteiger partial charge in [-0.2, -0.15) is 0 Å². The van der Waals surface area contributed by atoms with Crippen LogP contribution in [0.25, 0.3) is 0 Å². The van der Waals surface area contributed by atoms with Crippen LogP contribution in [-0.2, 0) is 11.2 Å². The predicted octanol–water partition coefficient (Wildman–Crippen LogP) is 2.86. The van der Waals surface area contributed by atoms with E-state index < -0.39 is 0 Å². The van der Waals surface area contributed by atoms with Gasteiger partial charge in [0.2, 0.25) is 0 Å². The van der Waals surface area contributed by atoms with Crippen molar-refractivity contribution in [3.8, 4) is 0 Å². The number of rotatable bonds is 2. The second-order valence-electron chi connectivity index (χ2n) is 4.58. The van der Waals surface area contributed by atoms with Gasteiger partial charge >= 0.3 is 0 Å². The van der Waals surface area contributed by atoms with E-state index in [1.165, 1.54) is 5.56 Å². The highest BCUT2D eigenvalue weighted by Gasteiger charge is 2.18. The molecule has 0 heterocycles. The first-order valence-corrected chi connectivity index (χ1v) is 6.19. The number of carbonyl (C=O) groups is 1.